The van der Waals surface area contributed by atoms with Crippen molar-refractivity contribution in [1.29, 1.82) is 0 Å². The molecule has 0 saturated heterocycles. The first-order chi connectivity index (χ1) is 9.03. The zero-order chi connectivity index (χ0) is 14.1. The zero-order valence-corrected chi connectivity index (χ0v) is 10.8. The maximum atomic E-state index is 8.61. The van der Waals surface area contributed by atoms with E-state index in [4.69, 9.17) is 15.9 Å². The summed E-state index contributed by atoms with van der Waals surface area (Å²) in [5, 5.41) is 19.8. The van der Waals surface area contributed by atoms with Gasteiger partial charge in [0.1, 0.15) is 0 Å². The van der Waals surface area contributed by atoms with E-state index in [2.05, 4.69) is 27.2 Å². The molecule has 0 radical (unpaired) electrons. The summed E-state index contributed by atoms with van der Waals surface area (Å²) >= 11 is 0. The first kappa shape index (κ1) is 15.1. The van der Waals surface area contributed by atoms with Gasteiger partial charge < -0.3 is 21.3 Å². The topological polar surface area (TPSA) is 117 Å². The van der Waals surface area contributed by atoms with E-state index in [1.165, 1.54) is 30.9 Å². The molecule has 0 aromatic carbocycles. The summed E-state index contributed by atoms with van der Waals surface area (Å²) < 4.78 is 0. The van der Waals surface area contributed by atoms with E-state index in [-0.39, 0.29) is 0 Å². The van der Waals surface area contributed by atoms with E-state index < -0.39 is 5.91 Å². The van der Waals surface area contributed by atoms with Crippen molar-refractivity contribution in [1.82, 2.24) is 15.3 Å². The van der Waals surface area contributed by atoms with Gasteiger partial charge >= 0.3 is 0 Å². The average Bonchev–Trinajstić information content (AvgIpc) is 2.39. The Bertz CT molecular complexity index is 414. The zero-order valence-electron chi connectivity index (χ0n) is 10.8. The highest BCUT2D eigenvalue weighted by Gasteiger charge is 2.16. The van der Waals surface area contributed by atoms with Crippen LogP contribution in [0.4, 0.5) is 5.95 Å². The van der Waals surface area contributed by atoms with Gasteiger partial charge in [-0.3, -0.25) is 0 Å². The van der Waals surface area contributed by atoms with Crippen LogP contribution in [0, 0.1) is 0 Å². The Morgan fingerprint density at radius 2 is 2.00 bits per heavy atom. The summed E-state index contributed by atoms with van der Waals surface area (Å²) in [6.07, 6.45) is 10.8. The summed E-state index contributed by atoms with van der Waals surface area (Å²) in [6, 6.07) is 0. The van der Waals surface area contributed by atoms with Crippen molar-refractivity contribution in [3.63, 3.8) is 0 Å². The summed E-state index contributed by atoms with van der Waals surface area (Å²) in [5.74, 6) is -1.64. The van der Waals surface area contributed by atoms with E-state index in [1.54, 1.807) is 12.4 Å². The summed E-state index contributed by atoms with van der Waals surface area (Å²) in [6.45, 7) is 2.16. The minimum absolute atomic E-state index is 0.352. The molecule has 1 aliphatic rings. The quantitative estimate of drug-likeness (QED) is 0.579. The van der Waals surface area contributed by atoms with Crippen molar-refractivity contribution in [3.05, 3.63) is 30.2 Å². The van der Waals surface area contributed by atoms with E-state index in [0.717, 1.165) is 12.5 Å². The van der Waals surface area contributed by atoms with Crippen LogP contribution in [0.5, 0.6) is 0 Å². The molecular weight excluding hydrogens is 246 g/mol. The van der Waals surface area contributed by atoms with E-state index in [1.807, 2.05) is 0 Å². The Labute approximate surface area is 111 Å². The molecule has 0 unspecified atom stereocenters. The van der Waals surface area contributed by atoms with Crippen LogP contribution in [0.15, 0.2) is 29.7 Å². The third-order valence-corrected chi connectivity index (χ3v) is 2.28. The monoisotopic (exact) mass is 265 g/mol. The number of aliphatic hydroxyl groups is 2. The number of aromatic nitrogens is 2. The van der Waals surface area contributed by atoms with Crippen LogP contribution >= 0.6 is 0 Å². The number of rotatable bonds is 3. The van der Waals surface area contributed by atoms with Crippen LogP contribution in [0.2, 0.25) is 0 Å². The smallest absolute Gasteiger partial charge is 0.288 e. The van der Waals surface area contributed by atoms with Crippen LogP contribution < -0.4 is 11.1 Å². The van der Waals surface area contributed by atoms with Gasteiger partial charge in [0.2, 0.25) is 5.95 Å². The Kier molecular flexibility index (Phi) is 5.91. The van der Waals surface area contributed by atoms with Crippen molar-refractivity contribution in [2.45, 2.75) is 32.1 Å². The van der Waals surface area contributed by atoms with Crippen molar-refractivity contribution in [3.8, 4) is 0 Å². The standard InChI is InChI=1S/C8H13N3.C4H6N2O2/c1-2-3-4-7-5-10-8(9)11-6-7;7-4(8)1-2-5-3-6-4/h5-6H,2-4H2,1H3,(H2,9,10,11);1-3,7-8H,(H,5,6). The molecule has 0 aliphatic carbocycles. The summed E-state index contributed by atoms with van der Waals surface area (Å²) in [7, 11) is 0. The number of nitrogen functional groups attached to an aromatic ring is 1. The second-order valence-corrected chi connectivity index (χ2v) is 4.00. The molecule has 5 N–H and O–H groups in total. The third kappa shape index (κ3) is 6.49. The largest absolute Gasteiger partial charge is 0.368 e. The molecule has 1 aromatic rings. The molecule has 104 valence electrons. The van der Waals surface area contributed by atoms with E-state index in [0.29, 0.717) is 5.95 Å². The van der Waals surface area contributed by atoms with Crippen molar-refractivity contribution in [2.24, 2.45) is 4.99 Å². The van der Waals surface area contributed by atoms with Crippen molar-refractivity contribution < 1.29 is 10.2 Å². The molecule has 0 fully saturated rings. The van der Waals surface area contributed by atoms with Crippen molar-refractivity contribution in [2.75, 3.05) is 5.73 Å². The fourth-order valence-corrected chi connectivity index (χ4v) is 1.25. The fraction of sp³-hybridized carbons (Fsp3) is 0.417. The number of unbranched alkanes of at least 4 members (excludes halogenated alkanes) is 1. The van der Waals surface area contributed by atoms with Gasteiger partial charge in [-0.2, -0.15) is 0 Å². The van der Waals surface area contributed by atoms with Gasteiger partial charge in [0.15, 0.2) is 0 Å². The minimum atomic E-state index is -1.99. The molecule has 1 aromatic heterocycles. The Balaban J connectivity index is 0.000000200. The molecule has 0 spiro atoms. The second-order valence-electron chi connectivity index (χ2n) is 4.00. The highest BCUT2D eigenvalue weighted by atomic mass is 16.5. The number of nitrogens with one attached hydrogen (secondary N) is 1. The molecule has 0 saturated carbocycles. The number of aliphatic imine (C=N–C) groups is 1. The number of anilines is 1. The van der Waals surface area contributed by atoms with Gasteiger partial charge in [-0.05, 0) is 18.4 Å². The lowest BCUT2D eigenvalue weighted by atomic mass is 10.2. The molecule has 7 heteroatoms. The molecule has 0 bridgehead atoms. The number of nitrogens with two attached hydrogens (primary N) is 1. The Morgan fingerprint density at radius 1 is 1.32 bits per heavy atom. The SMILES string of the molecule is CCCCc1cnc(N)nc1.OC1(O)C=CNC=N1. The lowest BCUT2D eigenvalue weighted by Crippen LogP contribution is -2.27. The lowest BCUT2D eigenvalue weighted by molar-refractivity contribution is -0.110. The first-order valence-corrected chi connectivity index (χ1v) is 6.02. The predicted octanol–water partition coefficient (Wildman–Crippen LogP) is 0.171. The predicted molar refractivity (Wildman–Crippen MR) is 73.0 cm³/mol. The van der Waals surface area contributed by atoms with Crippen LogP contribution in [0.25, 0.3) is 0 Å². The van der Waals surface area contributed by atoms with Gasteiger partial charge in [-0.1, -0.05) is 13.3 Å². The number of aryl methyl sites for hydroxylation is 1. The minimum Gasteiger partial charge on any atom is -0.368 e. The molecule has 7 nitrogen and oxygen atoms in total. The second kappa shape index (κ2) is 7.45. The number of hydrogen-bond donors (Lipinski definition) is 4. The van der Waals surface area contributed by atoms with E-state index in [9.17, 15) is 0 Å². The number of nitrogens with zero attached hydrogens (tertiary/aromatic N) is 3. The fourth-order valence-electron chi connectivity index (χ4n) is 1.25. The van der Waals surface area contributed by atoms with Gasteiger partial charge in [0.25, 0.3) is 5.91 Å². The van der Waals surface area contributed by atoms with E-state index >= 15 is 0 Å². The summed E-state index contributed by atoms with van der Waals surface area (Å²) in [4.78, 5) is 11.0. The highest BCUT2D eigenvalue weighted by molar-refractivity contribution is 5.57. The molecule has 19 heavy (non-hydrogen) atoms. The summed E-state index contributed by atoms with van der Waals surface area (Å²) in [5.41, 5.74) is 6.50. The maximum Gasteiger partial charge on any atom is 0.288 e. The van der Waals surface area contributed by atoms with Crippen LogP contribution in [-0.4, -0.2) is 32.4 Å². The first-order valence-electron chi connectivity index (χ1n) is 6.02. The molecular formula is C12H19N5O2. The normalized spacial score (nSPS) is 15.3. The molecule has 0 atom stereocenters. The highest BCUT2D eigenvalue weighted by Crippen LogP contribution is 2.03. The molecule has 2 rings (SSSR count). The third-order valence-electron chi connectivity index (χ3n) is 2.28. The molecule has 1 aliphatic heterocycles. The van der Waals surface area contributed by atoms with Crippen LogP contribution in [-0.2, 0) is 6.42 Å². The van der Waals surface area contributed by atoms with Crippen LogP contribution in [0.1, 0.15) is 25.3 Å². The van der Waals surface area contributed by atoms with Crippen LogP contribution in [0.3, 0.4) is 0 Å². The number of hydrogen-bond acceptors (Lipinski definition) is 7. The maximum absolute atomic E-state index is 8.61. The average molecular weight is 265 g/mol. The molecule has 2 heterocycles. The lowest BCUT2D eigenvalue weighted by Gasteiger charge is -2.13. The Hall–Kier alpha value is -1.99. The van der Waals surface area contributed by atoms with Gasteiger partial charge in [-0.25, -0.2) is 15.0 Å². The van der Waals surface area contributed by atoms with Gasteiger partial charge in [0, 0.05) is 24.7 Å². The Morgan fingerprint density at radius 3 is 2.42 bits per heavy atom. The van der Waals surface area contributed by atoms with Gasteiger partial charge in [0.05, 0.1) is 6.34 Å². The van der Waals surface area contributed by atoms with Crippen molar-refractivity contribution >= 4 is 12.3 Å². The van der Waals surface area contributed by atoms with Gasteiger partial charge in [-0.15, -0.1) is 0 Å². The molecule has 0 amide bonds.